The van der Waals surface area contributed by atoms with Gasteiger partial charge in [-0.15, -0.1) is 11.3 Å². The molecule has 16 heavy (non-hydrogen) atoms. The van der Waals surface area contributed by atoms with Crippen LogP contribution in [0.25, 0.3) is 0 Å². The molecule has 0 saturated carbocycles. The molecule has 0 spiro atoms. The van der Waals surface area contributed by atoms with Gasteiger partial charge in [0.15, 0.2) is 5.82 Å². The number of aromatic nitrogens is 2. The first-order chi connectivity index (χ1) is 7.65. The van der Waals surface area contributed by atoms with Gasteiger partial charge in [0.1, 0.15) is 0 Å². The van der Waals surface area contributed by atoms with Crippen molar-refractivity contribution in [3.05, 3.63) is 39.6 Å². The van der Waals surface area contributed by atoms with Crippen molar-refractivity contribution >= 4 is 17.3 Å². The predicted molar refractivity (Wildman–Crippen MR) is 63.1 cm³/mol. The van der Waals surface area contributed by atoms with Crippen LogP contribution in [0.15, 0.2) is 18.5 Å². The molecule has 0 aliphatic rings. The van der Waals surface area contributed by atoms with Gasteiger partial charge in [-0.2, -0.15) is 0 Å². The third-order valence-corrected chi connectivity index (χ3v) is 3.41. The van der Waals surface area contributed by atoms with Crippen molar-refractivity contribution < 1.29 is 4.39 Å². The standard InChI is InChI=1S/C11H12FN3S/c1-7-3-10(16-8(7)2)6-15-11-13-4-9(12)5-14-11/h3-5H,6H2,1-2H3,(H,13,14,15). The average molecular weight is 237 g/mol. The van der Waals surface area contributed by atoms with Gasteiger partial charge in [0.2, 0.25) is 5.95 Å². The molecule has 0 amide bonds. The Morgan fingerprint density at radius 1 is 1.31 bits per heavy atom. The lowest BCUT2D eigenvalue weighted by Gasteiger charge is -2.01. The van der Waals surface area contributed by atoms with E-state index >= 15 is 0 Å². The summed E-state index contributed by atoms with van der Waals surface area (Å²) < 4.78 is 12.6. The summed E-state index contributed by atoms with van der Waals surface area (Å²) >= 11 is 1.74. The van der Waals surface area contributed by atoms with Crippen molar-refractivity contribution in [2.45, 2.75) is 20.4 Å². The molecule has 0 unspecified atom stereocenters. The highest BCUT2D eigenvalue weighted by atomic mass is 32.1. The smallest absolute Gasteiger partial charge is 0.223 e. The Kier molecular flexibility index (Phi) is 3.14. The van der Waals surface area contributed by atoms with Crippen LogP contribution in [0.1, 0.15) is 15.3 Å². The normalized spacial score (nSPS) is 10.4. The number of halogens is 1. The maximum absolute atomic E-state index is 12.6. The molecule has 0 aliphatic heterocycles. The zero-order chi connectivity index (χ0) is 11.5. The van der Waals surface area contributed by atoms with Gasteiger partial charge in [0.05, 0.1) is 18.9 Å². The molecule has 5 heteroatoms. The molecule has 0 fully saturated rings. The minimum absolute atomic E-state index is 0.423. The Labute approximate surface area is 97.4 Å². The van der Waals surface area contributed by atoms with E-state index < -0.39 is 5.82 Å². The molecule has 0 radical (unpaired) electrons. The van der Waals surface area contributed by atoms with Crippen LogP contribution >= 0.6 is 11.3 Å². The number of nitrogens with one attached hydrogen (secondary N) is 1. The van der Waals surface area contributed by atoms with Crippen molar-refractivity contribution in [1.82, 2.24) is 9.97 Å². The minimum Gasteiger partial charge on any atom is -0.349 e. The first kappa shape index (κ1) is 11.0. The fraction of sp³-hybridized carbons (Fsp3) is 0.273. The maximum atomic E-state index is 12.6. The monoisotopic (exact) mass is 237 g/mol. The summed E-state index contributed by atoms with van der Waals surface area (Å²) in [5.41, 5.74) is 1.29. The molecular weight excluding hydrogens is 225 g/mol. The summed E-state index contributed by atoms with van der Waals surface area (Å²) in [5, 5.41) is 3.05. The molecule has 0 atom stereocenters. The second-order valence-electron chi connectivity index (χ2n) is 3.53. The van der Waals surface area contributed by atoms with Crippen molar-refractivity contribution in [3.8, 4) is 0 Å². The number of nitrogens with zero attached hydrogens (tertiary/aromatic N) is 2. The third kappa shape index (κ3) is 2.55. The van der Waals surface area contributed by atoms with Crippen LogP contribution < -0.4 is 5.32 Å². The van der Waals surface area contributed by atoms with Crippen LogP contribution in [0.2, 0.25) is 0 Å². The molecule has 3 nitrogen and oxygen atoms in total. The molecule has 0 aromatic carbocycles. The van der Waals surface area contributed by atoms with Crippen molar-refractivity contribution in [2.24, 2.45) is 0 Å². The van der Waals surface area contributed by atoms with Gasteiger partial charge in [0.25, 0.3) is 0 Å². The fourth-order valence-electron chi connectivity index (χ4n) is 1.31. The van der Waals surface area contributed by atoms with Gasteiger partial charge < -0.3 is 5.32 Å². The van der Waals surface area contributed by atoms with Crippen molar-refractivity contribution in [3.63, 3.8) is 0 Å². The van der Waals surface area contributed by atoms with E-state index in [1.807, 2.05) is 0 Å². The van der Waals surface area contributed by atoms with Crippen LogP contribution in [0.5, 0.6) is 0 Å². The predicted octanol–water partition coefficient (Wildman–Crippen LogP) is 2.91. The third-order valence-electron chi connectivity index (χ3n) is 2.26. The van der Waals surface area contributed by atoms with Crippen LogP contribution in [0.3, 0.4) is 0 Å². The number of hydrogen-bond donors (Lipinski definition) is 1. The summed E-state index contributed by atoms with van der Waals surface area (Å²) in [6, 6.07) is 2.14. The van der Waals surface area contributed by atoms with E-state index in [0.29, 0.717) is 12.5 Å². The van der Waals surface area contributed by atoms with Crippen LogP contribution in [-0.2, 0) is 6.54 Å². The van der Waals surface area contributed by atoms with Crippen molar-refractivity contribution in [1.29, 1.82) is 0 Å². The topological polar surface area (TPSA) is 37.8 Å². The average Bonchev–Trinajstić information content (AvgIpc) is 2.58. The first-order valence-electron chi connectivity index (χ1n) is 4.92. The van der Waals surface area contributed by atoms with E-state index in [2.05, 4.69) is 35.2 Å². The molecule has 0 bridgehead atoms. The number of rotatable bonds is 3. The lowest BCUT2D eigenvalue weighted by atomic mass is 10.3. The van der Waals surface area contributed by atoms with E-state index in [1.54, 1.807) is 11.3 Å². The highest BCUT2D eigenvalue weighted by Crippen LogP contribution is 2.20. The van der Waals surface area contributed by atoms with Crippen LogP contribution in [0.4, 0.5) is 10.3 Å². The number of anilines is 1. The van der Waals surface area contributed by atoms with Gasteiger partial charge >= 0.3 is 0 Å². The van der Waals surface area contributed by atoms with E-state index in [1.165, 1.54) is 15.3 Å². The van der Waals surface area contributed by atoms with Gasteiger partial charge in [-0.05, 0) is 25.5 Å². The summed E-state index contributed by atoms with van der Waals surface area (Å²) in [5.74, 6) is 0.0264. The van der Waals surface area contributed by atoms with Gasteiger partial charge in [-0.3, -0.25) is 0 Å². The fourth-order valence-corrected chi connectivity index (χ4v) is 2.30. The maximum Gasteiger partial charge on any atom is 0.223 e. The highest BCUT2D eigenvalue weighted by Gasteiger charge is 2.02. The van der Waals surface area contributed by atoms with E-state index in [-0.39, 0.29) is 0 Å². The SMILES string of the molecule is Cc1cc(CNc2ncc(F)cn2)sc1C. The minimum atomic E-state index is -0.423. The van der Waals surface area contributed by atoms with Crippen molar-refractivity contribution in [2.75, 3.05) is 5.32 Å². The quantitative estimate of drug-likeness (QED) is 0.892. The summed E-state index contributed by atoms with van der Waals surface area (Å²) in [4.78, 5) is 10.2. The molecular formula is C11H12FN3S. The molecule has 0 saturated heterocycles. The molecule has 2 aromatic rings. The Bertz CT molecular complexity index is 459. The summed E-state index contributed by atoms with van der Waals surface area (Å²) in [7, 11) is 0. The van der Waals surface area contributed by atoms with Gasteiger partial charge in [-0.1, -0.05) is 0 Å². The van der Waals surface area contributed by atoms with Crippen LogP contribution in [0, 0.1) is 19.7 Å². The number of hydrogen-bond acceptors (Lipinski definition) is 4. The Hall–Kier alpha value is -1.49. The zero-order valence-corrected chi connectivity index (χ0v) is 9.94. The van der Waals surface area contributed by atoms with Gasteiger partial charge in [0, 0.05) is 9.75 Å². The number of aryl methyl sites for hydroxylation is 2. The van der Waals surface area contributed by atoms with E-state index in [0.717, 1.165) is 12.4 Å². The summed E-state index contributed by atoms with van der Waals surface area (Å²) in [6.45, 7) is 4.85. The first-order valence-corrected chi connectivity index (χ1v) is 5.74. The Morgan fingerprint density at radius 3 is 2.56 bits per heavy atom. The summed E-state index contributed by atoms with van der Waals surface area (Å²) in [6.07, 6.45) is 2.31. The lowest BCUT2D eigenvalue weighted by Crippen LogP contribution is -2.02. The van der Waals surface area contributed by atoms with Gasteiger partial charge in [-0.25, -0.2) is 14.4 Å². The molecule has 0 aliphatic carbocycles. The zero-order valence-electron chi connectivity index (χ0n) is 9.12. The molecule has 84 valence electrons. The molecule has 1 N–H and O–H groups in total. The van der Waals surface area contributed by atoms with E-state index in [9.17, 15) is 4.39 Å². The second kappa shape index (κ2) is 4.57. The number of thiophene rings is 1. The largest absolute Gasteiger partial charge is 0.349 e. The Morgan fingerprint density at radius 2 is 2.00 bits per heavy atom. The molecule has 2 rings (SSSR count). The van der Waals surface area contributed by atoms with Crippen LogP contribution in [-0.4, -0.2) is 9.97 Å². The second-order valence-corrected chi connectivity index (χ2v) is 4.87. The Balaban J connectivity index is 1.99. The molecule has 2 heterocycles. The lowest BCUT2D eigenvalue weighted by molar-refractivity contribution is 0.614. The molecule has 2 aromatic heterocycles. The highest BCUT2D eigenvalue weighted by molar-refractivity contribution is 7.12. The van der Waals surface area contributed by atoms with E-state index in [4.69, 9.17) is 0 Å².